The molecule has 0 aliphatic heterocycles. The van der Waals surface area contributed by atoms with E-state index in [2.05, 4.69) is 31.2 Å². The van der Waals surface area contributed by atoms with Gasteiger partial charge in [-0.3, -0.25) is 9.36 Å². The van der Waals surface area contributed by atoms with Gasteiger partial charge in [-0.15, -0.1) is 0 Å². The van der Waals surface area contributed by atoms with Crippen molar-refractivity contribution in [1.82, 2.24) is 19.9 Å². The molecule has 0 radical (unpaired) electrons. The lowest BCUT2D eigenvalue weighted by Gasteiger charge is -2.28. The minimum Gasteiger partial charge on any atom is -0.381 e. The molecule has 1 N–H and O–H groups in total. The van der Waals surface area contributed by atoms with Gasteiger partial charge < -0.3 is 10.1 Å². The first-order chi connectivity index (χ1) is 13.1. The lowest BCUT2D eigenvalue weighted by atomic mass is 9.92. The van der Waals surface area contributed by atoms with Crippen LogP contribution in [-0.4, -0.2) is 39.7 Å². The summed E-state index contributed by atoms with van der Waals surface area (Å²) in [6.45, 7) is 0. The van der Waals surface area contributed by atoms with E-state index >= 15 is 0 Å². The summed E-state index contributed by atoms with van der Waals surface area (Å²) < 4.78 is 8.15. The predicted molar refractivity (Wildman–Crippen MR) is 107 cm³/mol. The standard InChI is InChI=1S/C20H21BrN4O2/c1-27-15-5-3-14(4-6-15)23-20(26)17-11-19(25-9-8-22-12-25)24-18-7-2-13(21)10-16(17)18/h2,7-12,14-15H,3-6H2,1H3,(H,23,26)/t14-,15-. The molecule has 27 heavy (non-hydrogen) atoms. The Labute approximate surface area is 166 Å². The van der Waals surface area contributed by atoms with Gasteiger partial charge in [-0.1, -0.05) is 15.9 Å². The number of benzene rings is 1. The van der Waals surface area contributed by atoms with Crippen molar-refractivity contribution in [2.24, 2.45) is 0 Å². The van der Waals surface area contributed by atoms with E-state index in [1.165, 1.54) is 0 Å². The van der Waals surface area contributed by atoms with Crippen molar-refractivity contribution in [1.29, 1.82) is 0 Å². The van der Waals surface area contributed by atoms with Gasteiger partial charge in [0.15, 0.2) is 0 Å². The molecule has 1 amide bonds. The maximum atomic E-state index is 13.1. The third-order valence-electron chi connectivity index (χ3n) is 5.11. The van der Waals surface area contributed by atoms with E-state index in [-0.39, 0.29) is 11.9 Å². The summed E-state index contributed by atoms with van der Waals surface area (Å²) in [5, 5.41) is 4.03. The molecule has 4 rings (SSSR count). The van der Waals surface area contributed by atoms with Crippen LogP contribution in [0.5, 0.6) is 0 Å². The Morgan fingerprint density at radius 2 is 2.07 bits per heavy atom. The van der Waals surface area contributed by atoms with E-state index in [4.69, 9.17) is 4.74 Å². The molecule has 0 unspecified atom stereocenters. The molecular formula is C20H21BrN4O2. The Kier molecular flexibility index (Phi) is 5.22. The number of carbonyl (C=O) groups is 1. The van der Waals surface area contributed by atoms with Crippen LogP contribution >= 0.6 is 15.9 Å². The molecular weight excluding hydrogens is 408 g/mol. The second-order valence-electron chi connectivity index (χ2n) is 6.84. The smallest absolute Gasteiger partial charge is 0.252 e. The number of imidazole rings is 1. The number of pyridine rings is 1. The average Bonchev–Trinajstić information content (AvgIpc) is 3.22. The molecule has 1 aromatic carbocycles. The topological polar surface area (TPSA) is 69.0 Å². The van der Waals surface area contributed by atoms with E-state index in [9.17, 15) is 4.79 Å². The van der Waals surface area contributed by atoms with Gasteiger partial charge in [0.05, 0.1) is 17.2 Å². The van der Waals surface area contributed by atoms with Gasteiger partial charge >= 0.3 is 0 Å². The Bertz CT molecular complexity index is 950. The molecule has 0 saturated heterocycles. The van der Waals surface area contributed by atoms with Crippen molar-refractivity contribution >= 4 is 32.7 Å². The summed E-state index contributed by atoms with van der Waals surface area (Å²) in [5.41, 5.74) is 1.40. The van der Waals surface area contributed by atoms with Gasteiger partial charge in [0.25, 0.3) is 5.91 Å². The highest BCUT2D eigenvalue weighted by molar-refractivity contribution is 9.10. The lowest BCUT2D eigenvalue weighted by Crippen LogP contribution is -2.39. The van der Waals surface area contributed by atoms with Crippen molar-refractivity contribution < 1.29 is 9.53 Å². The summed E-state index contributed by atoms with van der Waals surface area (Å²) in [7, 11) is 1.75. The fraction of sp³-hybridized carbons (Fsp3) is 0.350. The van der Waals surface area contributed by atoms with Gasteiger partial charge in [0, 0.05) is 35.4 Å². The number of hydrogen-bond acceptors (Lipinski definition) is 4. The highest BCUT2D eigenvalue weighted by atomic mass is 79.9. The molecule has 2 aromatic heterocycles. The maximum absolute atomic E-state index is 13.1. The van der Waals surface area contributed by atoms with Gasteiger partial charge in [-0.25, -0.2) is 9.97 Å². The first-order valence-electron chi connectivity index (χ1n) is 9.06. The summed E-state index contributed by atoms with van der Waals surface area (Å²) in [4.78, 5) is 21.9. The van der Waals surface area contributed by atoms with E-state index in [0.29, 0.717) is 17.5 Å². The van der Waals surface area contributed by atoms with Gasteiger partial charge in [0.1, 0.15) is 12.1 Å². The Balaban J connectivity index is 1.66. The summed E-state index contributed by atoms with van der Waals surface area (Å²) in [6, 6.07) is 7.79. The molecule has 140 valence electrons. The largest absolute Gasteiger partial charge is 0.381 e. The third kappa shape index (κ3) is 3.89. The van der Waals surface area contributed by atoms with Crippen LogP contribution in [0.2, 0.25) is 0 Å². The number of aromatic nitrogens is 3. The van der Waals surface area contributed by atoms with Crippen molar-refractivity contribution in [3.8, 4) is 5.82 Å². The number of methoxy groups -OCH3 is 1. The zero-order chi connectivity index (χ0) is 18.8. The molecule has 1 aliphatic carbocycles. The maximum Gasteiger partial charge on any atom is 0.252 e. The van der Waals surface area contributed by atoms with Crippen molar-refractivity contribution in [3.63, 3.8) is 0 Å². The van der Waals surface area contributed by atoms with Gasteiger partial charge in [-0.2, -0.15) is 0 Å². The molecule has 2 heterocycles. The zero-order valence-corrected chi connectivity index (χ0v) is 16.6. The lowest BCUT2D eigenvalue weighted by molar-refractivity contribution is 0.0599. The van der Waals surface area contributed by atoms with Crippen LogP contribution < -0.4 is 5.32 Å². The monoisotopic (exact) mass is 428 g/mol. The fourth-order valence-electron chi connectivity index (χ4n) is 3.60. The fourth-order valence-corrected chi connectivity index (χ4v) is 3.97. The first-order valence-corrected chi connectivity index (χ1v) is 9.85. The number of nitrogens with zero attached hydrogens (tertiary/aromatic N) is 3. The highest BCUT2D eigenvalue weighted by Crippen LogP contribution is 2.26. The molecule has 7 heteroatoms. The van der Waals surface area contributed by atoms with Crippen LogP contribution in [0.15, 0.2) is 47.5 Å². The van der Waals surface area contributed by atoms with Gasteiger partial charge in [-0.05, 0) is 49.9 Å². The Hall–Kier alpha value is -2.25. The SMILES string of the molecule is CO[C@H]1CC[C@H](NC(=O)c2cc(-n3ccnc3)nc3ccc(Br)cc23)CC1. The number of carbonyl (C=O) groups excluding carboxylic acids is 1. The van der Waals surface area contributed by atoms with Crippen molar-refractivity contribution in [2.45, 2.75) is 37.8 Å². The number of amides is 1. The molecule has 0 bridgehead atoms. The molecule has 0 spiro atoms. The third-order valence-corrected chi connectivity index (χ3v) is 5.61. The van der Waals surface area contributed by atoms with E-state index in [0.717, 1.165) is 41.1 Å². The number of ether oxygens (including phenoxy) is 1. The molecule has 1 aliphatic rings. The van der Waals surface area contributed by atoms with Crippen LogP contribution in [0.3, 0.4) is 0 Å². The number of halogens is 1. The number of nitrogens with one attached hydrogen (secondary N) is 1. The van der Waals surface area contributed by atoms with Crippen LogP contribution in [0, 0.1) is 0 Å². The average molecular weight is 429 g/mol. The summed E-state index contributed by atoms with van der Waals surface area (Å²) >= 11 is 3.50. The van der Waals surface area contributed by atoms with Crippen LogP contribution in [0.4, 0.5) is 0 Å². The summed E-state index contributed by atoms with van der Waals surface area (Å²) in [5.74, 6) is 0.610. The zero-order valence-electron chi connectivity index (χ0n) is 15.1. The minimum atomic E-state index is -0.0669. The Morgan fingerprint density at radius 3 is 2.78 bits per heavy atom. The van der Waals surface area contributed by atoms with Gasteiger partial charge in [0.2, 0.25) is 0 Å². The Morgan fingerprint density at radius 1 is 1.26 bits per heavy atom. The minimum absolute atomic E-state index is 0.0669. The molecule has 6 nitrogen and oxygen atoms in total. The molecule has 0 atom stereocenters. The normalized spacial score (nSPS) is 19.9. The summed E-state index contributed by atoms with van der Waals surface area (Å²) in [6.07, 6.45) is 9.33. The second kappa shape index (κ2) is 7.78. The van der Waals surface area contributed by atoms with Crippen LogP contribution in [0.1, 0.15) is 36.0 Å². The van der Waals surface area contributed by atoms with E-state index in [1.54, 1.807) is 19.6 Å². The number of rotatable bonds is 4. The van der Waals surface area contributed by atoms with E-state index in [1.807, 2.05) is 35.0 Å². The molecule has 1 fully saturated rings. The first kappa shape index (κ1) is 18.1. The molecule has 1 saturated carbocycles. The second-order valence-corrected chi connectivity index (χ2v) is 7.76. The highest BCUT2D eigenvalue weighted by Gasteiger charge is 2.23. The molecule has 3 aromatic rings. The number of hydrogen-bond donors (Lipinski definition) is 1. The predicted octanol–water partition coefficient (Wildman–Crippen LogP) is 3.87. The van der Waals surface area contributed by atoms with Crippen molar-refractivity contribution in [2.75, 3.05) is 7.11 Å². The number of fused-ring (bicyclic) bond motifs is 1. The van der Waals surface area contributed by atoms with E-state index < -0.39 is 0 Å². The van der Waals surface area contributed by atoms with Crippen LogP contribution in [0.25, 0.3) is 16.7 Å². The van der Waals surface area contributed by atoms with Crippen LogP contribution in [-0.2, 0) is 4.74 Å². The van der Waals surface area contributed by atoms with Crippen molar-refractivity contribution in [3.05, 3.63) is 53.0 Å². The quantitative estimate of drug-likeness (QED) is 0.684.